The summed E-state index contributed by atoms with van der Waals surface area (Å²) in [5, 5.41) is 14.1. The van der Waals surface area contributed by atoms with E-state index in [0.29, 0.717) is 24.0 Å². The number of hydrogen-bond donors (Lipinski definition) is 1. The molecule has 1 fully saturated rings. The Balaban J connectivity index is 2.02. The number of non-ortho nitro benzene ring substituents is 1. The summed E-state index contributed by atoms with van der Waals surface area (Å²) < 4.78 is 10.7. The number of nitrogens with one attached hydrogen (secondary N) is 1. The minimum absolute atomic E-state index is 0.0175. The summed E-state index contributed by atoms with van der Waals surface area (Å²) in [5.41, 5.74) is -0.0175. The van der Waals surface area contributed by atoms with Gasteiger partial charge in [0.2, 0.25) is 0 Å². The lowest BCUT2D eigenvalue weighted by molar-refractivity contribution is -0.385. The van der Waals surface area contributed by atoms with Crippen LogP contribution in [0.3, 0.4) is 0 Å². The van der Waals surface area contributed by atoms with Crippen molar-refractivity contribution in [2.24, 2.45) is 5.92 Å². The average Bonchev–Trinajstić information content (AvgIpc) is 2.45. The maximum atomic E-state index is 10.8. The maximum absolute atomic E-state index is 10.8. The van der Waals surface area contributed by atoms with Crippen molar-refractivity contribution in [2.75, 3.05) is 26.8 Å². The fraction of sp³-hybridized carbons (Fsp3) is 0.538. The van der Waals surface area contributed by atoms with Crippen LogP contribution in [0, 0.1) is 16.0 Å². The van der Waals surface area contributed by atoms with Gasteiger partial charge in [0.15, 0.2) is 0 Å². The third-order valence-electron chi connectivity index (χ3n) is 3.20. The highest BCUT2D eigenvalue weighted by molar-refractivity contribution is 5.46. The Labute approximate surface area is 111 Å². The molecule has 0 saturated carbocycles. The zero-order valence-corrected chi connectivity index (χ0v) is 10.9. The van der Waals surface area contributed by atoms with Crippen molar-refractivity contribution in [3.8, 4) is 11.5 Å². The summed E-state index contributed by atoms with van der Waals surface area (Å²) in [6.07, 6.45) is 2.27. The van der Waals surface area contributed by atoms with Crippen molar-refractivity contribution in [1.82, 2.24) is 5.32 Å². The van der Waals surface area contributed by atoms with Crippen LogP contribution in [0.4, 0.5) is 5.69 Å². The molecule has 2 rings (SSSR count). The molecule has 6 nitrogen and oxygen atoms in total. The first kappa shape index (κ1) is 13.6. The molecule has 0 bridgehead atoms. The molecule has 0 amide bonds. The van der Waals surface area contributed by atoms with Gasteiger partial charge in [-0.15, -0.1) is 0 Å². The molecule has 1 N–H and O–H groups in total. The fourth-order valence-electron chi connectivity index (χ4n) is 2.14. The van der Waals surface area contributed by atoms with E-state index in [-0.39, 0.29) is 5.69 Å². The van der Waals surface area contributed by atoms with Crippen molar-refractivity contribution in [3.63, 3.8) is 0 Å². The van der Waals surface area contributed by atoms with Crippen molar-refractivity contribution < 1.29 is 14.4 Å². The predicted octanol–water partition coefficient (Wildman–Crippen LogP) is 1.98. The molecule has 0 aliphatic carbocycles. The average molecular weight is 266 g/mol. The van der Waals surface area contributed by atoms with Crippen molar-refractivity contribution >= 4 is 5.69 Å². The summed E-state index contributed by atoms with van der Waals surface area (Å²) in [6, 6.07) is 4.48. The van der Waals surface area contributed by atoms with Gasteiger partial charge in [0.25, 0.3) is 5.69 Å². The molecule has 1 aromatic rings. The van der Waals surface area contributed by atoms with Gasteiger partial charge in [-0.3, -0.25) is 10.1 Å². The van der Waals surface area contributed by atoms with Crippen LogP contribution in [0.2, 0.25) is 0 Å². The van der Waals surface area contributed by atoms with Gasteiger partial charge in [0.1, 0.15) is 11.5 Å². The number of nitro benzene ring substituents is 1. The van der Waals surface area contributed by atoms with Crippen molar-refractivity contribution in [1.29, 1.82) is 0 Å². The molecule has 104 valence electrons. The largest absolute Gasteiger partial charge is 0.496 e. The minimum Gasteiger partial charge on any atom is -0.496 e. The van der Waals surface area contributed by atoms with E-state index >= 15 is 0 Å². The van der Waals surface area contributed by atoms with E-state index in [1.807, 2.05) is 0 Å². The maximum Gasteiger partial charge on any atom is 0.276 e. The van der Waals surface area contributed by atoms with Gasteiger partial charge in [0, 0.05) is 18.5 Å². The van der Waals surface area contributed by atoms with Crippen LogP contribution in [0.25, 0.3) is 0 Å². The number of piperidine rings is 1. The quantitative estimate of drug-likeness (QED) is 0.651. The lowest BCUT2D eigenvalue weighted by Crippen LogP contribution is -2.33. The number of hydrogen-bond acceptors (Lipinski definition) is 5. The predicted molar refractivity (Wildman–Crippen MR) is 70.7 cm³/mol. The SMILES string of the molecule is COc1cc(OCC2CCCNC2)cc([N+](=O)[O-])c1. The van der Waals surface area contributed by atoms with Crippen molar-refractivity contribution in [3.05, 3.63) is 28.3 Å². The summed E-state index contributed by atoms with van der Waals surface area (Å²) in [5.74, 6) is 1.38. The molecule has 1 heterocycles. The highest BCUT2D eigenvalue weighted by atomic mass is 16.6. The molecule has 1 aromatic carbocycles. The van der Waals surface area contributed by atoms with Gasteiger partial charge in [-0.2, -0.15) is 0 Å². The van der Waals surface area contributed by atoms with Gasteiger partial charge in [0.05, 0.1) is 30.8 Å². The molecule has 0 radical (unpaired) electrons. The van der Waals surface area contributed by atoms with Gasteiger partial charge < -0.3 is 14.8 Å². The van der Waals surface area contributed by atoms with Gasteiger partial charge in [-0.05, 0) is 19.4 Å². The molecule has 1 aliphatic rings. The molecular formula is C13H18N2O4. The molecule has 0 spiro atoms. The summed E-state index contributed by atoms with van der Waals surface area (Å²) in [4.78, 5) is 10.4. The number of nitrogens with zero attached hydrogens (tertiary/aromatic N) is 1. The van der Waals surface area contributed by atoms with E-state index in [2.05, 4.69) is 5.32 Å². The van der Waals surface area contributed by atoms with E-state index in [1.54, 1.807) is 6.07 Å². The van der Waals surface area contributed by atoms with Gasteiger partial charge >= 0.3 is 0 Å². The monoisotopic (exact) mass is 266 g/mol. The first-order valence-electron chi connectivity index (χ1n) is 6.36. The van der Waals surface area contributed by atoms with Gasteiger partial charge in [-0.25, -0.2) is 0 Å². The molecular weight excluding hydrogens is 248 g/mol. The Morgan fingerprint density at radius 1 is 1.42 bits per heavy atom. The zero-order chi connectivity index (χ0) is 13.7. The van der Waals surface area contributed by atoms with Crippen LogP contribution in [0.5, 0.6) is 11.5 Å². The molecule has 1 unspecified atom stereocenters. The number of methoxy groups -OCH3 is 1. The fourth-order valence-corrected chi connectivity index (χ4v) is 2.14. The van der Waals surface area contributed by atoms with Crippen molar-refractivity contribution in [2.45, 2.75) is 12.8 Å². The second kappa shape index (κ2) is 6.38. The third kappa shape index (κ3) is 3.82. The number of nitro groups is 1. The lowest BCUT2D eigenvalue weighted by Gasteiger charge is -2.22. The Morgan fingerprint density at radius 3 is 2.84 bits per heavy atom. The molecule has 1 atom stereocenters. The molecule has 6 heteroatoms. The Hall–Kier alpha value is -1.82. The minimum atomic E-state index is -0.447. The van der Waals surface area contributed by atoms with Crippen LogP contribution < -0.4 is 14.8 Å². The van der Waals surface area contributed by atoms with E-state index in [4.69, 9.17) is 9.47 Å². The van der Waals surface area contributed by atoms with Crippen LogP contribution in [-0.2, 0) is 0 Å². The van der Waals surface area contributed by atoms with Crippen LogP contribution in [-0.4, -0.2) is 31.7 Å². The molecule has 19 heavy (non-hydrogen) atoms. The summed E-state index contributed by atoms with van der Waals surface area (Å²) in [7, 11) is 1.48. The molecule has 1 aliphatic heterocycles. The van der Waals surface area contributed by atoms with Crippen LogP contribution in [0.1, 0.15) is 12.8 Å². The zero-order valence-electron chi connectivity index (χ0n) is 10.9. The van der Waals surface area contributed by atoms with Crippen LogP contribution >= 0.6 is 0 Å². The number of ether oxygens (including phenoxy) is 2. The summed E-state index contributed by atoms with van der Waals surface area (Å²) in [6.45, 7) is 2.56. The smallest absolute Gasteiger partial charge is 0.276 e. The van der Waals surface area contributed by atoms with Gasteiger partial charge in [-0.1, -0.05) is 0 Å². The first-order valence-corrected chi connectivity index (χ1v) is 6.36. The lowest BCUT2D eigenvalue weighted by atomic mass is 10.0. The third-order valence-corrected chi connectivity index (χ3v) is 3.20. The van der Waals surface area contributed by atoms with E-state index in [9.17, 15) is 10.1 Å². The normalized spacial score (nSPS) is 18.9. The van der Waals surface area contributed by atoms with Crippen LogP contribution in [0.15, 0.2) is 18.2 Å². The Morgan fingerprint density at radius 2 is 2.21 bits per heavy atom. The Bertz CT molecular complexity index is 444. The molecule has 0 aromatic heterocycles. The highest BCUT2D eigenvalue weighted by Crippen LogP contribution is 2.28. The standard InChI is InChI=1S/C13H18N2O4/c1-18-12-5-11(15(16)17)6-13(7-12)19-9-10-3-2-4-14-8-10/h5-7,10,14H,2-4,8-9H2,1H3. The second-order valence-corrected chi connectivity index (χ2v) is 4.65. The number of benzene rings is 1. The topological polar surface area (TPSA) is 73.6 Å². The van der Waals surface area contributed by atoms with E-state index in [1.165, 1.54) is 19.2 Å². The number of rotatable bonds is 5. The molecule has 1 saturated heterocycles. The summed E-state index contributed by atoms with van der Waals surface area (Å²) >= 11 is 0. The Kier molecular flexibility index (Phi) is 4.57. The highest BCUT2D eigenvalue weighted by Gasteiger charge is 2.15. The van der Waals surface area contributed by atoms with E-state index in [0.717, 1.165) is 25.9 Å². The first-order chi connectivity index (χ1) is 9.19. The van der Waals surface area contributed by atoms with E-state index < -0.39 is 4.92 Å². The second-order valence-electron chi connectivity index (χ2n) is 4.65.